The van der Waals surface area contributed by atoms with Crippen molar-refractivity contribution in [1.29, 1.82) is 0 Å². The van der Waals surface area contributed by atoms with E-state index in [1.54, 1.807) is 0 Å². The maximum atomic E-state index is 12.9. The van der Waals surface area contributed by atoms with Gasteiger partial charge in [-0.2, -0.15) is 13.5 Å². The van der Waals surface area contributed by atoms with Gasteiger partial charge in [0.2, 0.25) is 0 Å². The van der Waals surface area contributed by atoms with Gasteiger partial charge in [0.25, 0.3) is 15.7 Å². The third kappa shape index (κ3) is 3.61. The Morgan fingerprint density at radius 1 is 1.07 bits per heavy atom. The first-order valence-electron chi connectivity index (χ1n) is 8.46. The van der Waals surface area contributed by atoms with Crippen LogP contribution in [0.5, 0.6) is 0 Å². The number of hydrogen-bond donors (Lipinski definition) is 1. The highest BCUT2D eigenvalue weighted by atomic mass is 32.2. The van der Waals surface area contributed by atoms with E-state index in [1.807, 2.05) is 24.3 Å². The molecule has 0 amide bonds. The predicted molar refractivity (Wildman–Crippen MR) is 106 cm³/mol. The van der Waals surface area contributed by atoms with Crippen molar-refractivity contribution in [3.8, 4) is 11.3 Å². The van der Waals surface area contributed by atoms with E-state index >= 15 is 0 Å². The Hall–Kier alpha value is -3.20. The summed E-state index contributed by atoms with van der Waals surface area (Å²) in [5, 5.41) is 15.1. The van der Waals surface area contributed by atoms with Gasteiger partial charge in [0.05, 0.1) is 15.5 Å². The fourth-order valence-corrected chi connectivity index (χ4v) is 3.96. The van der Waals surface area contributed by atoms with Crippen LogP contribution in [0.4, 0.5) is 11.5 Å². The van der Waals surface area contributed by atoms with Crippen LogP contribution in [0.1, 0.15) is 26.3 Å². The molecule has 1 aromatic heterocycles. The minimum Gasteiger partial charge on any atom is -0.383 e. The van der Waals surface area contributed by atoms with E-state index in [1.165, 1.54) is 24.3 Å². The Morgan fingerprint density at radius 3 is 2.29 bits per heavy atom. The number of anilines is 1. The number of nitrogens with two attached hydrogens (primary N) is 1. The molecule has 0 fully saturated rings. The van der Waals surface area contributed by atoms with Gasteiger partial charge in [-0.15, -0.1) is 4.09 Å². The number of benzene rings is 2. The Balaban J connectivity index is 2.02. The standard InChI is InChI=1S/C19H20N4O4S/c1-19(2,3)14-9-7-13(8-10-14)17-12-18(20)22(21-17)28(26,27)16-6-4-5-15(11-16)23(24)25/h4-12H,20H2,1-3H3. The lowest BCUT2D eigenvalue weighted by Gasteiger charge is -2.18. The van der Waals surface area contributed by atoms with E-state index in [0.717, 1.165) is 11.6 Å². The third-order valence-electron chi connectivity index (χ3n) is 4.30. The van der Waals surface area contributed by atoms with Gasteiger partial charge in [0.1, 0.15) is 5.82 Å². The van der Waals surface area contributed by atoms with Crippen molar-refractivity contribution >= 4 is 21.5 Å². The molecule has 1 heterocycles. The first-order chi connectivity index (χ1) is 13.0. The Bertz CT molecular complexity index is 1140. The van der Waals surface area contributed by atoms with Crippen LogP contribution in [-0.2, 0) is 15.4 Å². The molecule has 2 N–H and O–H groups in total. The summed E-state index contributed by atoms with van der Waals surface area (Å²) >= 11 is 0. The van der Waals surface area contributed by atoms with Crippen LogP contribution in [0.3, 0.4) is 0 Å². The zero-order chi connectivity index (χ0) is 20.7. The molecule has 0 saturated heterocycles. The van der Waals surface area contributed by atoms with E-state index in [-0.39, 0.29) is 21.8 Å². The maximum absolute atomic E-state index is 12.9. The van der Waals surface area contributed by atoms with E-state index in [0.29, 0.717) is 15.3 Å². The number of nitrogens with zero attached hydrogens (tertiary/aromatic N) is 3. The normalized spacial score (nSPS) is 12.1. The Morgan fingerprint density at radius 2 is 1.71 bits per heavy atom. The summed E-state index contributed by atoms with van der Waals surface area (Å²) in [6, 6.07) is 13.8. The van der Waals surface area contributed by atoms with Crippen LogP contribution in [-0.4, -0.2) is 22.5 Å². The molecule has 0 radical (unpaired) electrons. The zero-order valence-electron chi connectivity index (χ0n) is 15.7. The summed E-state index contributed by atoms with van der Waals surface area (Å²) in [4.78, 5) is 10.0. The first-order valence-corrected chi connectivity index (χ1v) is 9.90. The van der Waals surface area contributed by atoms with Crippen molar-refractivity contribution < 1.29 is 13.3 Å². The molecule has 0 bridgehead atoms. The van der Waals surface area contributed by atoms with Gasteiger partial charge in [0.15, 0.2) is 0 Å². The number of non-ortho nitro benzene ring substituents is 1. The number of hydrogen-bond acceptors (Lipinski definition) is 6. The van der Waals surface area contributed by atoms with Gasteiger partial charge < -0.3 is 5.73 Å². The van der Waals surface area contributed by atoms with Gasteiger partial charge in [-0.3, -0.25) is 10.1 Å². The second-order valence-electron chi connectivity index (χ2n) is 7.38. The lowest BCUT2D eigenvalue weighted by molar-refractivity contribution is -0.385. The molecule has 3 aromatic rings. The summed E-state index contributed by atoms with van der Waals surface area (Å²) in [5.41, 5.74) is 7.79. The van der Waals surface area contributed by atoms with Gasteiger partial charge in [0, 0.05) is 23.8 Å². The van der Waals surface area contributed by atoms with Crippen LogP contribution in [0.25, 0.3) is 11.3 Å². The SMILES string of the molecule is CC(C)(C)c1ccc(-c2cc(N)n(S(=O)(=O)c3cccc([N+](=O)[O-])c3)n2)cc1. The van der Waals surface area contributed by atoms with Crippen LogP contribution >= 0.6 is 0 Å². The van der Waals surface area contributed by atoms with Gasteiger partial charge >= 0.3 is 0 Å². The van der Waals surface area contributed by atoms with E-state index < -0.39 is 14.9 Å². The molecule has 0 aliphatic heterocycles. The number of aromatic nitrogens is 2. The first kappa shape index (κ1) is 19.6. The molecular formula is C19H20N4O4S. The highest BCUT2D eigenvalue weighted by molar-refractivity contribution is 7.90. The Labute approximate surface area is 162 Å². The molecule has 0 aliphatic carbocycles. The molecule has 0 atom stereocenters. The van der Waals surface area contributed by atoms with Crippen molar-refractivity contribution in [2.45, 2.75) is 31.1 Å². The molecule has 0 spiro atoms. The van der Waals surface area contributed by atoms with Gasteiger partial charge in [-0.05, 0) is 17.0 Å². The lowest BCUT2D eigenvalue weighted by Crippen LogP contribution is -2.17. The minimum absolute atomic E-state index is 0.0116. The van der Waals surface area contributed by atoms with Gasteiger partial charge in [-0.1, -0.05) is 51.1 Å². The second kappa shape index (κ2) is 6.75. The number of nitro benzene ring substituents is 1. The smallest absolute Gasteiger partial charge is 0.285 e. The van der Waals surface area contributed by atoms with Crippen molar-refractivity contribution in [3.05, 3.63) is 70.3 Å². The summed E-state index contributed by atoms with van der Waals surface area (Å²) < 4.78 is 26.4. The molecule has 0 saturated carbocycles. The number of rotatable bonds is 4. The lowest BCUT2D eigenvalue weighted by atomic mass is 9.86. The fraction of sp³-hybridized carbons (Fsp3) is 0.211. The van der Waals surface area contributed by atoms with E-state index in [4.69, 9.17) is 5.73 Å². The monoisotopic (exact) mass is 400 g/mol. The molecule has 9 heteroatoms. The molecule has 0 aliphatic rings. The summed E-state index contributed by atoms with van der Waals surface area (Å²) in [6.45, 7) is 6.29. The summed E-state index contributed by atoms with van der Waals surface area (Å²) in [7, 11) is -4.17. The minimum atomic E-state index is -4.17. The van der Waals surface area contributed by atoms with Crippen LogP contribution in [0, 0.1) is 10.1 Å². The third-order valence-corrected chi connectivity index (χ3v) is 5.90. The topological polar surface area (TPSA) is 121 Å². The Kier molecular flexibility index (Phi) is 4.72. The van der Waals surface area contributed by atoms with Crippen molar-refractivity contribution in [2.75, 3.05) is 5.73 Å². The highest BCUT2D eigenvalue weighted by Gasteiger charge is 2.24. The zero-order valence-corrected chi connectivity index (χ0v) is 16.5. The van der Waals surface area contributed by atoms with Crippen molar-refractivity contribution in [1.82, 2.24) is 9.19 Å². The van der Waals surface area contributed by atoms with Crippen LogP contribution < -0.4 is 5.73 Å². The molecule has 8 nitrogen and oxygen atoms in total. The quantitative estimate of drug-likeness (QED) is 0.528. The fourth-order valence-electron chi connectivity index (χ4n) is 2.71. The van der Waals surface area contributed by atoms with Crippen molar-refractivity contribution in [2.24, 2.45) is 0 Å². The average molecular weight is 400 g/mol. The molecule has 146 valence electrons. The summed E-state index contributed by atoms with van der Waals surface area (Å²) in [5.74, 6) is -0.0820. The second-order valence-corrected chi connectivity index (χ2v) is 9.15. The van der Waals surface area contributed by atoms with Crippen LogP contribution in [0.15, 0.2) is 59.5 Å². The predicted octanol–water partition coefficient (Wildman–Crippen LogP) is 3.58. The molecular weight excluding hydrogens is 380 g/mol. The number of nitrogen functional groups attached to an aromatic ring is 1. The molecule has 2 aromatic carbocycles. The average Bonchev–Trinajstić information content (AvgIpc) is 3.04. The highest BCUT2D eigenvalue weighted by Crippen LogP contribution is 2.28. The van der Waals surface area contributed by atoms with E-state index in [2.05, 4.69) is 25.9 Å². The molecule has 0 unspecified atom stereocenters. The summed E-state index contributed by atoms with van der Waals surface area (Å²) in [6.07, 6.45) is 0. The van der Waals surface area contributed by atoms with Crippen LogP contribution in [0.2, 0.25) is 0 Å². The maximum Gasteiger partial charge on any atom is 0.285 e. The molecule has 28 heavy (non-hydrogen) atoms. The molecule has 3 rings (SSSR count). The van der Waals surface area contributed by atoms with E-state index in [9.17, 15) is 18.5 Å². The number of nitro groups is 1. The largest absolute Gasteiger partial charge is 0.383 e. The van der Waals surface area contributed by atoms with Crippen molar-refractivity contribution in [3.63, 3.8) is 0 Å². The van der Waals surface area contributed by atoms with Gasteiger partial charge in [-0.25, -0.2) is 0 Å².